The molecule has 1 N–H and O–H groups in total. The average Bonchev–Trinajstić information content (AvgIpc) is 3.20. The summed E-state index contributed by atoms with van der Waals surface area (Å²) in [4.78, 5) is 38.4. The first-order chi connectivity index (χ1) is 13.6. The third kappa shape index (κ3) is 3.77. The van der Waals surface area contributed by atoms with Crippen molar-refractivity contribution in [1.29, 1.82) is 0 Å². The minimum absolute atomic E-state index is 0.112. The van der Waals surface area contributed by atoms with Gasteiger partial charge in [-0.2, -0.15) is 4.37 Å². The van der Waals surface area contributed by atoms with Crippen LogP contribution in [0.5, 0.6) is 0 Å². The quantitative estimate of drug-likeness (QED) is 0.713. The number of aromatic nitrogens is 3. The first-order valence-corrected chi connectivity index (χ1v) is 10.4. The maximum absolute atomic E-state index is 13.1. The van der Waals surface area contributed by atoms with Crippen molar-refractivity contribution >= 4 is 28.5 Å². The summed E-state index contributed by atoms with van der Waals surface area (Å²) in [5, 5.41) is 4.68. The molecular weight excluding hydrogens is 376 g/mol. The maximum atomic E-state index is 13.1. The third-order valence-corrected chi connectivity index (χ3v) is 5.82. The van der Waals surface area contributed by atoms with Gasteiger partial charge in [0.1, 0.15) is 6.54 Å². The molecule has 2 heterocycles. The van der Waals surface area contributed by atoms with Crippen LogP contribution in [-0.2, 0) is 17.9 Å². The largest absolute Gasteiger partial charge is 0.352 e. The van der Waals surface area contributed by atoms with Crippen molar-refractivity contribution in [3.63, 3.8) is 0 Å². The molecule has 0 bridgehead atoms. The standard InChI is InChI=1S/C20H22N4O3S/c25-17(21-15-9-5-2-6-10-15)12-23-16-13-28-22-18(16)19(26)24(20(23)27)11-14-7-3-1-4-8-14/h1,3-4,7-8,13,15H,2,5-6,9-12H2,(H,21,25). The SMILES string of the molecule is O=C(Cn1c(=O)n(Cc2ccccc2)c(=O)c2nscc21)NC1CCCCC1. The molecule has 1 amide bonds. The lowest BCUT2D eigenvalue weighted by Crippen LogP contribution is -2.44. The monoisotopic (exact) mass is 398 g/mol. The van der Waals surface area contributed by atoms with Gasteiger partial charge in [-0.25, -0.2) is 4.79 Å². The molecule has 1 aromatic carbocycles. The van der Waals surface area contributed by atoms with E-state index >= 15 is 0 Å². The first-order valence-electron chi connectivity index (χ1n) is 9.54. The normalized spacial score (nSPS) is 15.0. The molecule has 0 radical (unpaired) electrons. The van der Waals surface area contributed by atoms with Gasteiger partial charge in [-0.3, -0.25) is 18.7 Å². The van der Waals surface area contributed by atoms with Crippen LogP contribution in [0.3, 0.4) is 0 Å². The molecule has 0 atom stereocenters. The molecule has 28 heavy (non-hydrogen) atoms. The Morgan fingerprint density at radius 3 is 2.61 bits per heavy atom. The second kappa shape index (κ2) is 8.10. The summed E-state index contributed by atoms with van der Waals surface area (Å²) in [6.07, 6.45) is 5.39. The maximum Gasteiger partial charge on any atom is 0.332 e. The number of fused-ring (bicyclic) bond motifs is 1. The number of benzene rings is 1. The summed E-state index contributed by atoms with van der Waals surface area (Å²) in [6, 6.07) is 9.48. The van der Waals surface area contributed by atoms with E-state index < -0.39 is 11.2 Å². The van der Waals surface area contributed by atoms with Gasteiger partial charge in [0, 0.05) is 11.4 Å². The van der Waals surface area contributed by atoms with E-state index in [1.165, 1.54) is 11.0 Å². The van der Waals surface area contributed by atoms with Gasteiger partial charge >= 0.3 is 5.69 Å². The number of carbonyl (C=O) groups excluding carboxylic acids is 1. The molecule has 0 aliphatic heterocycles. The summed E-state index contributed by atoms with van der Waals surface area (Å²) in [6.45, 7) is 0.0372. The van der Waals surface area contributed by atoms with Gasteiger partial charge in [0.15, 0.2) is 5.52 Å². The second-order valence-electron chi connectivity index (χ2n) is 7.20. The van der Waals surface area contributed by atoms with E-state index in [4.69, 9.17) is 0 Å². The van der Waals surface area contributed by atoms with Crippen molar-refractivity contribution in [2.24, 2.45) is 0 Å². The molecule has 1 aliphatic carbocycles. The van der Waals surface area contributed by atoms with Gasteiger partial charge < -0.3 is 5.32 Å². The molecule has 0 saturated heterocycles. The van der Waals surface area contributed by atoms with Crippen LogP contribution in [0.15, 0.2) is 45.3 Å². The van der Waals surface area contributed by atoms with Gasteiger partial charge in [0.05, 0.1) is 12.1 Å². The fourth-order valence-corrected chi connectivity index (χ4v) is 4.43. The minimum Gasteiger partial charge on any atom is -0.352 e. The predicted octanol–water partition coefficient (Wildman–Crippen LogP) is 2.12. The smallest absolute Gasteiger partial charge is 0.332 e. The molecule has 146 valence electrons. The highest BCUT2D eigenvalue weighted by Gasteiger charge is 2.20. The number of nitrogens with one attached hydrogen (secondary N) is 1. The summed E-state index contributed by atoms with van der Waals surface area (Å²) in [5.74, 6) is -0.202. The van der Waals surface area contributed by atoms with Crippen LogP contribution in [0.1, 0.15) is 37.7 Å². The zero-order valence-electron chi connectivity index (χ0n) is 15.5. The Balaban J connectivity index is 1.67. The summed E-state index contributed by atoms with van der Waals surface area (Å²) in [7, 11) is 0. The van der Waals surface area contributed by atoms with Crippen LogP contribution in [-0.4, -0.2) is 25.5 Å². The summed E-state index contributed by atoms with van der Waals surface area (Å²) in [5.41, 5.74) is 0.581. The van der Waals surface area contributed by atoms with Gasteiger partial charge in [0.25, 0.3) is 5.56 Å². The van der Waals surface area contributed by atoms with Gasteiger partial charge in [-0.05, 0) is 29.9 Å². The fourth-order valence-electron chi connectivity index (χ4n) is 3.76. The van der Waals surface area contributed by atoms with Crippen molar-refractivity contribution in [2.45, 2.75) is 51.2 Å². The topological polar surface area (TPSA) is 86.0 Å². The lowest BCUT2D eigenvalue weighted by atomic mass is 9.95. The highest BCUT2D eigenvalue weighted by molar-refractivity contribution is 7.04. The van der Waals surface area contributed by atoms with E-state index in [2.05, 4.69) is 9.69 Å². The van der Waals surface area contributed by atoms with Crippen LogP contribution in [0.2, 0.25) is 0 Å². The predicted molar refractivity (Wildman–Crippen MR) is 109 cm³/mol. The lowest BCUT2D eigenvalue weighted by molar-refractivity contribution is -0.122. The molecule has 0 unspecified atom stereocenters. The summed E-state index contributed by atoms with van der Waals surface area (Å²) >= 11 is 1.11. The van der Waals surface area contributed by atoms with Crippen LogP contribution >= 0.6 is 11.5 Å². The third-order valence-electron chi connectivity index (χ3n) is 5.21. The highest BCUT2D eigenvalue weighted by Crippen LogP contribution is 2.17. The molecule has 2 aromatic heterocycles. The van der Waals surface area contributed by atoms with Gasteiger partial charge in [0.2, 0.25) is 5.91 Å². The second-order valence-corrected chi connectivity index (χ2v) is 7.83. The van der Waals surface area contributed by atoms with Crippen molar-refractivity contribution in [1.82, 2.24) is 18.8 Å². The minimum atomic E-state index is -0.486. The van der Waals surface area contributed by atoms with E-state index in [-0.39, 0.29) is 30.6 Å². The number of carbonyl (C=O) groups is 1. The van der Waals surface area contributed by atoms with E-state index in [0.29, 0.717) is 5.52 Å². The van der Waals surface area contributed by atoms with Crippen LogP contribution in [0.4, 0.5) is 0 Å². The van der Waals surface area contributed by atoms with E-state index in [9.17, 15) is 14.4 Å². The highest BCUT2D eigenvalue weighted by atomic mass is 32.1. The number of hydrogen-bond acceptors (Lipinski definition) is 5. The average molecular weight is 398 g/mol. The number of rotatable bonds is 5. The summed E-state index contributed by atoms with van der Waals surface area (Å²) < 4.78 is 6.68. The van der Waals surface area contributed by atoms with Gasteiger partial charge in [-0.15, -0.1) is 0 Å². The molecule has 0 spiro atoms. The number of nitrogens with zero attached hydrogens (tertiary/aromatic N) is 3. The molecule has 4 rings (SSSR count). The van der Waals surface area contributed by atoms with Crippen molar-refractivity contribution in [3.8, 4) is 0 Å². The molecule has 1 saturated carbocycles. The Morgan fingerprint density at radius 1 is 1.11 bits per heavy atom. The number of amides is 1. The zero-order valence-corrected chi connectivity index (χ0v) is 16.3. The van der Waals surface area contributed by atoms with E-state index in [1.807, 2.05) is 30.3 Å². The molecule has 7 nitrogen and oxygen atoms in total. The van der Waals surface area contributed by atoms with Crippen molar-refractivity contribution < 1.29 is 4.79 Å². The molecule has 1 fully saturated rings. The number of hydrogen-bond donors (Lipinski definition) is 1. The molecule has 3 aromatic rings. The molecule has 1 aliphatic rings. The Hall–Kier alpha value is -2.74. The fraction of sp³-hybridized carbons (Fsp3) is 0.400. The van der Waals surface area contributed by atoms with E-state index in [0.717, 1.165) is 47.3 Å². The Kier molecular flexibility index (Phi) is 5.38. The van der Waals surface area contributed by atoms with Crippen LogP contribution in [0, 0.1) is 0 Å². The lowest BCUT2D eigenvalue weighted by Gasteiger charge is -2.23. The van der Waals surface area contributed by atoms with Crippen LogP contribution in [0.25, 0.3) is 11.0 Å². The van der Waals surface area contributed by atoms with E-state index in [1.54, 1.807) is 5.38 Å². The van der Waals surface area contributed by atoms with Gasteiger partial charge in [-0.1, -0.05) is 49.6 Å². The Labute approximate surface area is 165 Å². The van der Waals surface area contributed by atoms with Crippen molar-refractivity contribution in [3.05, 3.63) is 62.1 Å². The van der Waals surface area contributed by atoms with Crippen molar-refractivity contribution in [2.75, 3.05) is 0 Å². The Morgan fingerprint density at radius 2 is 1.86 bits per heavy atom. The first kappa shape index (κ1) is 18.6. The molecular formula is C20H22N4O3S. The zero-order chi connectivity index (χ0) is 19.5. The Bertz CT molecular complexity index is 1090. The molecule has 8 heteroatoms. The van der Waals surface area contributed by atoms with Crippen LogP contribution < -0.4 is 16.6 Å².